The van der Waals surface area contributed by atoms with Gasteiger partial charge in [0.2, 0.25) is 5.91 Å². The number of anilines is 1. The van der Waals surface area contributed by atoms with Crippen molar-refractivity contribution in [3.63, 3.8) is 0 Å². The second-order valence-electron chi connectivity index (χ2n) is 7.69. The third kappa shape index (κ3) is 3.63. The summed E-state index contributed by atoms with van der Waals surface area (Å²) in [4.78, 5) is 27.0. The van der Waals surface area contributed by atoms with Crippen LogP contribution in [0.1, 0.15) is 12.8 Å². The monoisotopic (exact) mass is 394 g/mol. The molecule has 0 saturated carbocycles. The Labute approximate surface area is 169 Å². The minimum atomic E-state index is -0.702. The second kappa shape index (κ2) is 7.71. The molecule has 3 heterocycles. The molecule has 29 heavy (non-hydrogen) atoms. The van der Waals surface area contributed by atoms with Gasteiger partial charge >= 0.3 is 0 Å². The second-order valence-corrected chi connectivity index (χ2v) is 7.69. The number of piperidine rings is 1. The van der Waals surface area contributed by atoms with E-state index in [0.717, 1.165) is 24.0 Å². The van der Waals surface area contributed by atoms with Gasteiger partial charge in [-0.15, -0.1) is 0 Å². The van der Waals surface area contributed by atoms with Gasteiger partial charge in [0.1, 0.15) is 12.1 Å². The molecule has 1 aromatic carbocycles. The number of likely N-dealkylation sites (N-methyl/N-ethyl adjacent to an activating group) is 1. The van der Waals surface area contributed by atoms with Gasteiger partial charge in [0, 0.05) is 38.4 Å². The molecule has 0 bridgehead atoms. The van der Waals surface area contributed by atoms with Crippen LogP contribution in [0.5, 0.6) is 0 Å². The van der Waals surface area contributed by atoms with Crippen molar-refractivity contribution >= 4 is 28.4 Å². The van der Waals surface area contributed by atoms with Crippen LogP contribution >= 0.6 is 0 Å². The number of hydrogen-bond donors (Lipinski definition) is 2. The van der Waals surface area contributed by atoms with Crippen molar-refractivity contribution < 1.29 is 9.59 Å². The summed E-state index contributed by atoms with van der Waals surface area (Å²) < 4.78 is 3.68. The van der Waals surface area contributed by atoms with Gasteiger partial charge in [-0.05, 0) is 55.6 Å². The number of nitrogens with one attached hydrogen (secondary N) is 2. The van der Waals surface area contributed by atoms with E-state index in [2.05, 4.69) is 15.7 Å². The van der Waals surface area contributed by atoms with E-state index < -0.39 is 5.54 Å². The summed E-state index contributed by atoms with van der Waals surface area (Å²) >= 11 is 0. The molecular formula is C21H26N6O2. The van der Waals surface area contributed by atoms with Crippen LogP contribution in [0.2, 0.25) is 0 Å². The first kappa shape index (κ1) is 19.2. The Morgan fingerprint density at radius 2 is 2.00 bits per heavy atom. The molecule has 1 fully saturated rings. The summed E-state index contributed by atoms with van der Waals surface area (Å²) in [5.74, 6) is -0.0474. The van der Waals surface area contributed by atoms with E-state index in [0.29, 0.717) is 18.5 Å². The third-order valence-electron chi connectivity index (χ3n) is 5.63. The first-order valence-electron chi connectivity index (χ1n) is 9.81. The molecule has 0 spiro atoms. The molecule has 4 rings (SSSR count). The molecule has 0 atom stereocenters. The summed E-state index contributed by atoms with van der Waals surface area (Å²) in [5, 5.41) is 11.8. The van der Waals surface area contributed by atoms with E-state index in [1.807, 2.05) is 47.3 Å². The van der Waals surface area contributed by atoms with Gasteiger partial charge in [0.25, 0.3) is 5.91 Å². The number of carbonyl (C=O) groups excluding carboxylic acids is 2. The lowest BCUT2D eigenvalue weighted by atomic mass is 9.87. The predicted octanol–water partition coefficient (Wildman–Crippen LogP) is 1.64. The average molecular weight is 394 g/mol. The first-order chi connectivity index (χ1) is 14.0. The highest BCUT2D eigenvalue weighted by atomic mass is 16.2. The van der Waals surface area contributed by atoms with Gasteiger partial charge in [-0.2, -0.15) is 5.10 Å². The number of fused-ring (bicyclic) bond motifs is 1. The fraction of sp³-hybridized carbons (Fsp3) is 0.381. The molecule has 0 radical (unpaired) electrons. The predicted molar refractivity (Wildman–Crippen MR) is 112 cm³/mol. The Kier molecular flexibility index (Phi) is 5.10. The molecule has 2 N–H and O–H groups in total. The van der Waals surface area contributed by atoms with Gasteiger partial charge in [0.15, 0.2) is 0 Å². The Hall–Kier alpha value is -3.13. The Balaban J connectivity index is 1.61. The van der Waals surface area contributed by atoms with Crippen molar-refractivity contribution in [1.29, 1.82) is 0 Å². The Morgan fingerprint density at radius 1 is 1.21 bits per heavy atom. The van der Waals surface area contributed by atoms with Crippen LogP contribution in [0.4, 0.5) is 5.69 Å². The van der Waals surface area contributed by atoms with E-state index in [1.165, 1.54) is 0 Å². The highest BCUT2D eigenvalue weighted by Gasteiger charge is 2.42. The van der Waals surface area contributed by atoms with Crippen molar-refractivity contribution in [1.82, 2.24) is 24.6 Å². The maximum atomic E-state index is 13.3. The normalized spacial score (nSPS) is 15.9. The van der Waals surface area contributed by atoms with Crippen LogP contribution in [-0.2, 0) is 21.7 Å². The van der Waals surface area contributed by atoms with E-state index in [-0.39, 0.29) is 18.4 Å². The van der Waals surface area contributed by atoms with E-state index >= 15 is 0 Å². The quantitative estimate of drug-likeness (QED) is 0.689. The highest BCUT2D eigenvalue weighted by Crippen LogP contribution is 2.29. The summed E-state index contributed by atoms with van der Waals surface area (Å²) in [6, 6.07) is 9.61. The summed E-state index contributed by atoms with van der Waals surface area (Å²) in [7, 11) is 3.49. The van der Waals surface area contributed by atoms with E-state index in [9.17, 15) is 9.59 Å². The fourth-order valence-corrected chi connectivity index (χ4v) is 3.86. The summed E-state index contributed by atoms with van der Waals surface area (Å²) in [5.41, 5.74) is 0.924. The summed E-state index contributed by atoms with van der Waals surface area (Å²) in [6.07, 6.45) is 6.81. The number of hydrogen-bond acceptors (Lipinski definition) is 4. The van der Waals surface area contributed by atoms with Crippen molar-refractivity contribution in [2.24, 2.45) is 0 Å². The van der Waals surface area contributed by atoms with Crippen molar-refractivity contribution in [2.45, 2.75) is 24.9 Å². The van der Waals surface area contributed by atoms with Crippen molar-refractivity contribution in [3.8, 4) is 0 Å². The summed E-state index contributed by atoms with van der Waals surface area (Å²) in [6.45, 7) is 1.79. The fourth-order valence-electron chi connectivity index (χ4n) is 3.86. The van der Waals surface area contributed by atoms with Crippen LogP contribution in [0.25, 0.3) is 10.9 Å². The lowest BCUT2D eigenvalue weighted by Crippen LogP contribution is -2.52. The van der Waals surface area contributed by atoms with Crippen LogP contribution in [0, 0.1) is 0 Å². The number of amides is 2. The molecule has 8 heteroatoms. The smallest absolute Gasteiger partial charge is 0.252 e. The zero-order chi connectivity index (χ0) is 20.4. The van der Waals surface area contributed by atoms with Gasteiger partial charge in [-0.1, -0.05) is 6.07 Å². The molecule has 0 unspecified atom stereocenters. The van der Waals surface area contributed by atoms with E-state index in [4.69, 9.17) is 0 Å². The molecule has 0 aliphatic carbocycles. The van der Waals surface area contributed by atoms with E-state index in [1.54, 1.807) is 29.9 Å². The molecule has 2 aromatic heterocycles. The topological polar surface area (TPSA) is 84.2 Å². The van der Waals surface area contributed by atoms with Crippen LogP contribution in [-0.4, -0.2) is 58.2 Å². The molecular weight excluding hydrogens is 368 g/mol. The van der Waals surface area contributed by atoms with Crippen molar-refractivity contribution in [2.75, 3.05) is 32.5 Å². The molecule has 1 saturated heterocycles. The van der Waals surface area contributed by atoms with Gasteiger partial charge < -0.3 is 20.1 Å². The standard InChI is InChI=1S/C21H26N6O2/c1-25(2)19(28)15-26-13-6-16-4-5-17(14-18(16)26)24-20(29)21(7-10-22-11-8-21)27-12-3-9-23-27/h3-6,9,12-14,22H,7-8,10-11,15H2,1-2H3,(H,24,29). The highest BCUT2D eigenvalue weighted by molar-refractivity contribution is 5.98. The number of benzene rings is 1. The number of nitrogens with zero attached hydrogens (tertiary/aromatic N) is 4. The van der Waals surface area contributed by atoms with Gasteiger partial charge in [0.05, 0.1) is 5.52 Å². The average Bonchev–Trinajstić information content (AvgIpc) is 3.39. The zero-order valence-corrected chi connectivity index (χ0v) is 16.8. The lowest BCUT2D eigenvalue weighted by molar-refractivity contribution is -0.129. The van der Waals surface area contributed by atoms with Crippen LogP contribution in [0.15, 0.2) is 48.9 Å². The number of carbonyl (C=O) groups is 2. The molecule has 1 aliphatic rings. The molecule has 152 valence electrons. The number of aromatic nitrogens is 3. The SMILES string of the molecule is CN(C)C(=O)Cn1ccc2ccc(NC(=O)C3(n4cccn4)CCNCC3)cc21. The van der Waals surface area contributed by atoms with Crippen LogP contribution in [0.3, 0.4) is 0 Å². The maximum Gasteiger partial charge on any atom is 0.252 e. The molecule has 8 nitrogen and oxygen atoms in total. The zero-order valence-electron chi connectivity index (χ0n) is 16.8. The van der Waals surface area contributed by atoms with Crippen LogP contribution < -0.4 is 10.6 Å². The Bertz CT molecular complexity index is 1020. The number of rotatable bonds is 5. The minimum absolute atomic E-state index is 0.0179. The molecule has 2 amide bonds. The first-order valence-corrected chi connectivity index (χ1v) is 9.81. The lowest BCUT2D eigenvalue weighted by Gasteiger charge is -2.36. The largest absolute Gasteiger partial charge is 0.347 e. The van der Waals surface area contributed by atoms with Gasteiger partial charge in [-0.25, -0.2) is 0 Å². The van der Waals surface area contributed by atoms with Gasteiger partial charge in [-0.3, -0.25) is 14.3 Å². The minimum Gasteiger partial charge on any atom is -0.347 e. The molecule has 3 aromatic rings. The Morgan fingerprint density at radius 3 is 2.69 bits per heavy atom. The maximum absolute atomic E-state index is 13.3. The van der Waals surface area contributed by atoms with Crippen molar-refractivity contribution in [3.05, 3.63) is 48.9 Å². The third-order valence-corrected chi connectivity index (χ3v) is 5.63. The molecule has 1 aliphatic heterocycles.